The van der Waals surface area contributed by atoms with Gasteiger partial charge < -0.3 is 14.8 Å². The summed E-state index contributed by atoms with van der Waals surface area (Å²) in [4.78, 5) is 24.2. The smallest absolute Gasteiger partial charge is 0.344 e. The number of carbonyl (C=O) groups is 2. The van der Waals surface area contributed by atoms with Crippen LogP contribution in [0.2, 0.25) is 5.02 Å². The first kappa shape index (κ1) is 20.8. The van der Waals surface area contributed by atoms with Crippen LogP contribution in [0.3, 0.4) is 0 Å². The number of hydrogen-bond donors (Lipinski definition) is 1. The Kier molecular flexibility index (Phi) is 7.25. The summed E-state index contributed by atoms with van der Waals surface area (Å²) in [7, 11) is 0. The molecule has 5 nitrogen and oxygen atoms in total. The van der Waals surface area contributed by atoms with Crippen LogP contribution in [0.25, 0.3) is 0 Å². The molecule has 0 fully saturated rings. The molecule has 1 atom stereocenters. The molecule has 2 rings (SSSR count). The van der Waals surface area contributed by atoms with Crippen molar-refractivity contribution in [1.82, 2.24) is 0 Å². The maximum Gasteiger partial charge on any atom is 0.344 e. The number of hydrogen-bond acceptors (Lipinski definition) is 4. The molecule has 0 aliphatic heterocycles. The Bertz CT molecular complexity index is 820. The van der Waals surface area contributed by atoms with Gasteiger partial charge in [-0.3, -0.25) is 4.79 Å². The number of esters is 1. The van der Waals surface area contributed by atoms with E-state index < -0.39 is 18.0 Å². The lowest BCUT2D eigenvalue weighted by Crippen LogP contribution is -2.31. The highest BCUT2D eigenvalue weighted by atomic mass is 35.5. The van der Waals surface area contributed by atoms with Crippen LogP contribution in [0.1, 0.15) is 37.8 Å². The predicted octanol–water partition coefficient (Wildman–Crippen LogP) is 4.72. The first-order valence-electron chi connectivity index (χ1n) is 8.76. The molecule has 27 heavy (non-hydrogen) atoms. The van der Waals surface area contributed by atoms with Gasteiger partial charge in [-0.2, -0.15) is 0 Å². The minimum atomic E-state index is -0.973. The fourth-order valence-corrected chi connectivity index (χ4v) is 2.64. The largest absolute Gasteiger partial charge is 0.482 e. The topological polar surface area (TPSA) is 64.6 Å². The molecular weight excluding hydrogens is 366 g/mol. The van der Waals surface area contributed by atoms with Gasteiger partial charge in [0.1, 0.15) is 5.75 Å². The van der Waals surface area contributed by atoms with Crippen molar-refractivity contribution in [3.05, 3.63) is 58.6 Å². The quantitative estimate of drug-likeness (QED) is 0.696. The number of carbonyl (C=O) groups excluding carboxylic acids is 2. The van der Waals surface area contributed by atoms with Gasteiger partial charge in [-0.15, -0.1) is 0 Å². The molecule has 1 amide bonds. The number of nitrogens with one attached hydrogen (secondary N) is 1. The van der Waals surface area contributed by atoms with Crippen LogP contribution in [-0.4, -0.2) is 24.6 Å². The fraction of sp³-hybridized carbons (Fsp3) is 0.333. The molecule has 0 spiro atoms. The zero-order valence-electron chi connectivity index (χ0n) is 15.9. The third kappa shape index (κ3) is 6.00. The van der Waals surface area contributed by atoms with Crippen molar-refractivity contribution in [2.75, 3.05) is 11.9 Å². The van der Waals surface area contributed by atoms with Crippen LogP contribution in [0.15, 0.2) is 42.5 Å². The van der Waals surface area contributed by atoms with Crippen LogP contribution >= 0.6 is 11.6 Å². The summed E-state index contributed by atoms with van der Waals surface area (Å²) in [6, 6.07) is 12.7. The minimum absolute atomic E-state index is 0.261. The molecular formula is C21H24ClNO4. The number of amides is 1. The molecule has 2 aromatic rings. The van der Waals surface area contributed by atoms with Crippen LogP contribution in [-0.2, 0) is 14.3 Å². The van der Waals surface area contributed by atoms with E-state index in [1.54, 1.807) is 24.3 Å². The lowest BCUT2D eigenvalue weighted by Gasteiger charge is -2.16. The summed E-state index contributed by atoms with van der Waals surface area (Å²) in [5.74, 6) is -0.171. The summed E-state index contributed by atoms with van der Waals surface area (Å²) >= 11 is 6.01. The second-order valence-corrected chi connectivity index (χ2v) is 6.99. The third-order valence-electron chi connectivity index (χ3n) is 3.95. The van der Waals surface area contributed by atoms with Crippen LogP contribution < -0.4 is 10.1 Å². The average molecular weight is 390 g/mol. The average Bonchev–Trinajstić information content (AvgIpc) is 2.61. The standard InChI is InChI=1S/C21H24ClNO4/c1-13(2)16-10-9-14(3)11-19(16)26-12-20(24)27-15(4)21(25)23-18-8-6-5-7-17(18)22/h5-11,13,15H,12H2,1-4H3,(H,23,25). The Morgan fingerprint density at radius 1 is 1.11 bits per heavy atom. The van der Waals surface area contributed by atoms with E-state index in [1.165, 1.54) is 6.92 Å². The lowest BCUT2D eigenvalue weighted by atomic mass is 10.0. The molecule has 0 heterocycles. The molecule has 0 saturated heterocycles. The van der Waals surface area contributed by atoms with Crippen molar-refractivity contribution in [3.8, 4) is 5.75 Å². The Morgan fingerprint density at radius 3 is 2.48 bits per heavy atom. The minimum Gasteiger partial charge on any atom is -0.482 e. The van der Waals surface area contributed by atoms with Gasteiger partial charge in [0.25, 0.3) is 5.91 Å². The molecule has 6 heteroatoms. The van der Waals surface area contributed by atoms with Crippen molar-refractivity contribution in [2.24, 2.45) is 0 Å². The van der Waals surface area contributed by atoms with Gasteiger partial charge in [0.05, 0.1) is 10.7 Å². The van der Waals surface area contributed by atoms with Gasteiger partial charge >= 0.3 is 5.97 Å². The molecule has 0 radical (unpaired) electrons. The molecule has 1 unspecified atom stereocenters. The first-order valence-corrected chi connectivity index (χ1v) is 9.14. The highest BCUT2D eigenvalue weighted by molar-refractivity contribution is 6.33. The number of aryl methyl sites for hydroxylation is 1. The lowest BCUT2D eigenvalue weighted by molar-refractivity contribution is -0.155. The molecule has 0 bridgehead atoms. The molecule has 1 N–H and O–H groups in total. The van der Waals surface area contributed by atoms with Crippen molar-refractivity contribution < 1.29 is 19.1 Å². The summed E-state index contributed by atoms with van der Waals surface area (Å²) in [6.45, 7) is 7.29. The van der Waals surface area contributed by atoms with Crippen molar-refractivity contribution in [3.63, 3.8) is 0 Å². The number of halogens is 1. The third-order valence-corrected chi connectivity index (χ3v) is 4.28. The monoisotopic (exact) mass is 389 g/mol. The van der Waals surface area contributed by atoms with Gasteiger partial charge in [-0.25, -0.2) is 4.79 Å². The molecule has 0 aliphatic rings. The first-order chi connectivity index (χ1) is 12.8. The number of benzene rings is 2. The van der Waals surface area contributed by atoms with Crippen LogP contribution in [0, 0.1) is 6.92 Å². The van der Waals surface area contributed by atoms with E-state index in [0.717, 1.165) is 11.1 Å². The van der Waals surface area contributed by atoms with E-state index in [0.29, 0.717) is 16.5 Å². The van der Waals surface area contributed by atoms with Crippen molar-refractivity contribution >= 4 is 29.2 Å². The zero-order valence-corrected chi connectivity index (χ0v) is 16.7. The van der Waals surface area contributed by atoms with E-state index in [9.17, 15) is 9.59 Å². The Morgan fingerprint density at radius 2 is 1.81 bits per heavy atom. The summed E-state index contributed by atoms with van der Waals surface area (Å²) in [5.41, 5.74) is 2.51. The summed E-state index contributed by atoms with van der Waals surface area (Å²) in [6.07, 6.45) is -0.973. The maximum atomic E-state index is 12.2. The Hall–Kier alpha value is -2.53. The normalized spacial score (nSPS) is 11.8. The van der Waals surface area contributed by atoms with Gasteiger partial charge in [0.15, 0.2) is 12.7 Å². The second-order valence-electron chi connectivity index (χ2n) is 6.59. The van der Waals surface area contributed by atoms with Crippen LogP contribution in [0.5, 0.6) is 5.75 Å². The van der Waals surface area contributed by atoms with Crippen molar-refractivity contribution in [2.45, 2.75) is 39.7 Å². The highest BCUT2D eigenvalue weighted by Gasteiger charge is 2.19. The zero-order chi connectivity index (χ0) is 20.0. The second kappa shape index (κ2) is 9.42. The van der Waals surface area contributed by atoms with E-state index in [1.807, 2.05) is 25.1 Å². The highest BCUT2D eigenvalue weighted by Crippen LogP contribution is 2.27. The van der Waals surface area contributed by atoms with E-state index in [-0.39, 0.29) is 12.5 Å². The van der Waals surface area contributed by atoms with Crippen LogP contribution in [0.4, 0.5) is 5.69 Å². The number of ether oxygens (including phenoxy) is 2. The number of rotatable bonds is 7. The maximum absolute atomic E-state index is 12.2. The summed E-state index contributed by atoms with van der Waals surface area (Å²) in [5, 5.41) is 3.04. The van der Waals surface area contributed by atoms with Gasteiger partial charge in [-0.05, 0) is 49.1 Å². The predicted molar refractivity (Wildman–Crippen MR) is 106 cm³/mol. The summed E-state index contributed by atoms with van der Waals surface area (Å²) < 4.78 is 10.8. The van der Waals surface area contributed by atoms with Gasteiger partial charge in [-0.1, -0.05) is 49.7 Å². The molecule has 144 valence electrons. The molecule has 0 saturated carbocycles. The van der Waals surface area contributed by atoms with E-state index >= 15 is 0 Å². The molecule has 0 aliphatic carbocycles. The Labute approximate surface area is 164 Å². The molecule has 0 aromatic heterocycles. The number of para-hydroxylation sites is 1. The van der Waals surface area contributed by atoms with Gasteiger partial charge in [0, 0.05) is 0 Å². The SMILES string of the molecule is Cc1ccc(C(C)C)c(OCC(=O)OC(C)C(=O)Nc2ccccc2Cl)c1. The van der Waals surface area contributed by atoms with E-state index in [2.05, 4.69) is 19.2 Å². The van der Waals surface area contributed by atoms with Crippen molar-refractivity contribution in [1.29, 1.82) is 0 Å². The van der Waals surface area contributed by atoms with E-state index in [4.69, 9.17) is 21.1 Å². The Balaban J connectivity index is 1.91. The van der Waals surface area contributed by atoms with Gasteiger partial charge in [0.2, 0.25) is 0 Å². The fourth-order valence-electron chi connectivity index (χ4n) is 2.46. The molecule has 2 aromatic carbocycles. The number of anilines is 1.